The maximum absolute atomic E-state index is 13.4. The second-order valence-electron chi connectivity index (χ2n) is 8.22. The predicted octanol–water partition coefficient (Wildman–Crippen LogP) is 2.70. The third kappa shape index (κ3) is 5.72. The van der Waals surface area contributed by atoms with Crippen LogP contribution in [-0.4, -0.2) is 54.3 Å². The summed E-state index contributed by atoms with van der Waals surface area (Å²) in [5.41, 5.74) is 7.82. The van der Waals surface area contributed by atoms with Gasteiger partial charge in [0, 0.05) is 18.2 Å². The number of carbonyl (C=O) groups excluding carboxylic acids is 3. The minimum atomic E-state index is -0.419. The molecule has 9 heteroatoms. The summed E-state index contributed by atoms with van der Waals surface area (Å²) in [5, 5.41) is 7.58. The van der Waals surface area contributed by atoms with Gasteiger partial charge in [0.15, 0.2) is 0 Å². The third-order valence-electron chi connectivity index (χ3n) is 5.39. The number of rotatable bonds is 9. The quantitative estimate of drug-likeness (QED) is 0.332. The van der Waals surface area contributed by atoms with Crippen LogP contribution in [0.3, 0.4) is 0 Å². The zero-order valence-electron chi connectivity index (χ0n) is 19.7. The normalized spacial score (nSPS) is 13.5. The Kier molecular flexibility index (Phi) is 7.88. The molecule has 0 bridgehead atoms. The van der Waals surface area contributed by atoms with Gasteiger partial charge in [0.1, 0.15) is 24.7 Å². The van der Waals surface area contributed by atoms with E-state index in [4.69, 9.17) is 20.6 Å². The molecule has 0 spiro atoms. The first-order chi connectivity index (χ1) is 16.2. The minimum Gasteiger partial charge on any atom is -0.489 e. The molecule has 0 unspecified atom stereocenters. The molecule has 1 aliphatic rings. The Morgan fingerprint density at radius 1 is 1.18 bits per heavy atom. The summed E-state index contributed by atoms with van der Waals surface area (Å²) < 4.78 is 10.9. The van der Waals surface area contributed by atoms with E-state index in [9.17, 15) is 14.4 Å². The zero-order chi connectivity index (χ0) is 24.8. The van der Waals surface area contributed by atoms with Crippen molar-refractivity contribution in [2.45, 2.75) is 39.8 Å². The van der Waals surface area contributed by atoms with Gasteiger partial charge in [-0.25, -0.2) is 0 Å². The van der Waals surface area contributed by atoms with Crippen molar-refractivity contribution in [2.24, 2.45) is 5.73 Å². The number of nitrogens with one attached hydrogen (secondary N) is 1. The number of nitrogen functional groups attached to an aromatic ring is 1. The minimum absolute atomic E-state index is 0.00650. The van der Waals surface area contributed by atoms with Crippen molar-refractivity contribution in [3.05, 3.63) is 59.2 Å². The van der Waals surface area contributed by atoms with E-state index in [0.29, 0.717) is 22.6 Å². The molecule has 0 saturated heterocycles. The molecule has 3 rings (SSSR count). The maximum atomic E-state index is 13.4. The van der Waals surface area contributed by atoms with Crippen LogP contribution >= 0.6 is 0 Å². The second kappa shape index (κ2) is 10.8. The molecule has 34 heavy (non-hydrogen) atoms. The lowest BCUT2D eigenvalue weighted by molar-refractivity contribution is -0.143. The van der Waals surface area contributed by atoms with Crippen molar-refractivity contribution < 1.29 is 23.9 Å². The number of amidine groups is 1. The lowest BCUT2D eigenvalue weighted by Crippen LogP contribution is -2.43. The van der Waals surface area contributed by atoms with Crippen LogP contribution in [0.25, 0.3) is 0 Å². The summed E-state index contributed by atoms with van der Waals surface area (Å²) in [7, 11) is 0. The number of hydrogen-bond acceptors (Lipinski definition) is 6. The molecule has 0 aromatic heterocycles. The number of esters is 1. The Balaban J connectivity index is 1.86. The van der Waals surface area contributed by atoms with Gasteiger partial charge in [-0.3, -0.25) is 19.8 Å². The summed E-state index contributed by atoms with van der Waals surface area (Å²) in [6.07, 6.45) is 0.00650. The van der Waals surface area contributed by atoms with Crippen molar-refractivity contribution in [3.63, 3.8) is 0 Å². The summed E-state index contributed by atoms with van der Waals surface area (Å²) in [6.45, 7) is 5.91. The van der Waals surface area contributed by atoms with Crippen molar-refractivity contribution in [2.75, 3.05) is 24.6 Å². The van der Waals surface area contributed by atoms with E-state index in [1.165, 1.54) is 4.90 Å². The number of amides is 2. The Bertz CT molecular complexity index is 1100. The molecular formula is C25H30N4O5. The van der Waals surface area contributed by atoms with Gasteiger partial charge < -0.3 is 25.0 Å². The number of nitrogens with two attached hydrogens (primary N) is 1. The highest BCUT2D eigenvalue weighted by atomic mass is 16.5. The Morgan fingerprint density at radius 2 is 1.94 bits per heavy atom. The van der Waals surface area contributed by atoms with Gasteiger partial charge in [0.25, 0.3) is 5.91 Å². The highest BCUT2D eigenvalue weighted by Gasteiger charge is 2.33. The first-order valence-electron chi connectivity index (χ1n) is 11.2. The number of hydrogen-bond donors (Lipinski definition) is 2. The van der Waals surface area contributed by atoms with Crippen molar-refractivity contribution in [1.29, 1.82) is 5.41 Å². The van der Waals surface area contributed by atoms with Gasteiger partial charge in [0.05, 0.1) is 24.3 Å². The van der Waals surface area contributed by atoms with E-state index in [1.807, 2.05) is 19.9 Å². The number of ether oxygens (including phenoxy) is 2. The molecule has 0 saturated carbocycles. The summed E-state index contributed by atoms with van der Waals surface area (Å²) >= 11 is 0. The fourth-order valence-corrected chi connectivity index (χ4v) is 3.80. The zero-order valence-corrected chi connectivity index (χ0v) is 19.7. The molecule has 0 aliphatic carbocycles. The lowest BCUT2D eigenvalue weighted by atomic mass is 10.1. The van der Waals surface area contributed by atoms with Gasteiger partial charge in [-0.05, 0) is 50.6 Å². The number of anilines is 1. The van der Waals surface area contributed by atoms with E-state index in [0.717, 1.165) is 5.56 Å². The third-order valence-corrected chi connectivity index (χ3v) is 5.39. The number of nitrogens with zero attached hydrogens (tertiary/aromatic N) is 2. The van der Waals surface area contributed by atoms with E-state index in [2.05, 4.69) is 0 Å². The highest BCUT2D eigenvalue weighted by molar-refractivity contribution is 6.10. The highest BCUT2D eigenvalue weighted by Crippen LogP contribution is 2.31. The summed E-state index contributed by atoms with van der Waals surface area (Å²) in [4.78, 5) is 41.1. The van der Waals surface area contributed by atoms with Crippen LogP contribution in [-0.2, 0) is 20.9 Å². The molecule has 1 aliphatic heterocycles. The smallest absolute Gasteiger partial charge is 0.307 e. The number of fused-ring (bicyclic) bond motifs is 1. The molecule has 0 radical (unpaired) electrons. The average molecular weight is 467 g/mol. The van der Waals surface area contributed by atoms with Crippen LogP contribution in [0, 0.1) is 5.41 Å². The van der Waals surface area contributed by atoms with E-state index in [-0.39, 0.29) is 56.4 Å². The molecule has 0 fully saturated rings. The lowest BCUT2D eigenvalue weighted by Gasteiger charge is -2.26. The Morgan fingerprint density at radius 3 is 2.62 bits per heavy atom. The first-order valence-corrected chi connectivity index (χ1v) is 11.2. The van der Waals surface area contributed by atoms with Crippen molar-refractivity contribution in [3.8, 4) is 5.75 Å². The predicted molar refractivity (Wildman–Crippen MR) is 128 cm³/mol. The first kappa shape index (κ1) is 24.8. The molecule has 2 aromatic carbocycles. The standard InChI is InChI=1S/C25H30N4O5/c1-4-33-23(31)10-11-28-14-22(30)29(16(2)3)21-9-8-19(13-20(21)25(28)32)34-15-17-6-5-7-18(12-17)24(26)27/h5-9,12-13,16H,4,10-11,14-15H2,1-3H3,(H3,26,27). The molecule has 0 atom stereocenters. The van der Waals surface area contributed by atoms with E-state index in [1.54, 1.807) is 48.2 Å². The van der Waals surface area contributed by atoms with Crippen LogP contribution in [0.5, 0.6) is 5.75 Å². The largest absolute Gasteiger partial charge is 0.489 e. The summed E-state index contributed by atoms with van der Waals surface area (Å²) in [6, 6.07) is 12.1. The van der Waals surface area contributed by atoms with E-state index >= 15 is 0 Å². The van der Waals surface area contributed by atoms with E-state index < -0.39 is 5.97 Å². The van der Waals surface area contributed by atoms with Gasteiger partial charge in [-0.1, -0.05) is 18.2 Å². The van der Waals surface area contributed by atoms with Gasteiger partial charge in [-0.2, -0.15) is 0 Å². The Hall–Kier alpha value is -3.88. The molecular weight excluding hydrogens is 436 g/mol. The van der Waals surface area contributed by atoms with Crippen LogP contribution in [0.15, 0.2) is 42.5 Å². The van der Waals surface area contributed by atoms with Gasteiger partial charge in [0.2, 0.25) is 5.91 Å². The molecule has 3 N–H and O–H groups in total. The average Bonchev–Trinajstić information content (AvgIpc) is 2.90. The van der Waals surface area contributed by atoms with Crippen molar-refractivity contribution >= 4 is 29.3 Å². The fraction of sp³-hybridized carbons (Fsp3) is 0.360. The number of carbonyl (C=O) groups is 3. The summed E-state index contributed by atoms with van der Waals surface area (Å²) in [5.74, 6) is -0.555. The fourth-order valence-electron chi connectivity index (χ4n) is 3.80. The molecule has 2 amide bonds. The van der Waals surface area contributed by atoms with Crippen molar-refractivity contribution in [1.82, 2.24) is 4.90 Å². The molecule has 1 heterocycles. The van der Waals surface area contributed by atoms with Gasteiger partial charge >= 0.3 is 5.97 Å². The number of benzene rings is 2. The molecule has 2 aromatic rings. The maximum Gasteiger partial charge on any atom is 0.307 e. The SMILES string of the molecule is CCOC(=O)CCN1CC(=O)N(C(C)C)c2ccc(OCc3cccc(C(=N)N)c3)cc2C1=O. The van der Waals surface area contributed by atoms with Crippen LogP contribution in [0.1, 0.15) is 48.7 Å². The monoisotopic (exact) mass is 466 g/mol. The molecule has 9 nitrogen and oxygen atoms in total. The van der Waals surface area contributed by atoms with Crippen LogP contribution < -0.4 is 15.4 Å². The van der Waals surface area contributed by atoms with Gasteiger partial charge in [-0.15, -0.1) is 0 Å². The van der Waals surface area contributed by atoms with Crippen LogP contribution in [0.4, 0.5) is 5.69 Å². The van der Waals surface area contributed by atoms with Crippen LogP contribution in [0.2, 0.25) is 0 Å². The molecule has 180 valence electrons. The second-order valence-corrected chi connectivity index (χ2v) is 8.22. The Labute approximate surface area is 198 Å². The topological polar surface area (TPSA) is 126 Å².